The fourth-order valence-electron chi connectivity index (χ4n) is 2.08. The molecule has 0 N–H and O–H groups in total. The SMILES string of the molecule is CCOC(=O)/C=c1\s/c(=C\c2ccc(C#N)cc2)c(=O)n1CC(=O)OC. The molecule has 0 saturated heterocycles. The molecule has 2 aromatic rings. The molecular formula is C18H16N2O5S. The molecule has 0 radical (unpaired) electrons. The molecule has 0 unspecified atom stereocenters. The molecule has 0 aliphatic heterocycles. The van der Waals surface area contributed by atoms with Crippen molar-refractivity contribution in [2.45, 2.75) is 13.5 Å². The van der Waals surface area contributed by atoms with Gasteiger partial charge in [-0.2, -0.15) is 5.26 Å². The summed E-state index contributed by atoms with van der Waals surface area (Å²) in [5.74, 6) is -1.20. The van der Waals surface area contributed by atoms with Crippen LogP contribution in [0.25, 0.3) is 12.2 Å². The minimum absolute atomic E-state index is 0.201. The second kappa shape index (κ2) is 8.78. The average Bonchev–Trinajstić information content (AvgIpc) is 2.91. The number of hydrogen-bond donors (Lipinski definition) is 0. The van der Waals surface area contributed by atoms with E-state index in [0.29, 0.717) is 14.8 Å². The summed E-state index contributed by atoms with van der Waals surface area (Å²) in [6.07, 6.45) is 2.80. The summed E-state index contributed by atoms with van der Waals surface area (Å²) in [5, 5.41) is 8.83. The first-order valence-corrected chi connectivity index (χ1v) is 8.47. The second-order valence-electron chi connectivity index (χ2n) is 5.05. The zero-order valence-electron chi connectivity index (χ0n) is 14.2. The molecule has 8 heteroatoms. The highest BCUT2D eigenvalue weighted by molar-refractivity contribution is 7.07. The molecule has 0 spiro atoms. The van der Waals surface area contributed by atoms with Crippen LogP contribution < -0.4 is 14.8 Å². The lowest BCUT2D eigenvalue weighted by molar-refractivity contribution is -0.141. The van der Waals surface area contributed by atoms with Crippen molar-refractivity contribution in [3.8, 4) is 6.07 Å². The molecule has 134 valence electrons. The molecule has 0 aliphatic rings. The smallest absolute Gasteiger partial charge is 0.333 e. The predicted molar refractivity (Wildman–Crippen MR) is 95.7 cm³/mol. The lowest BCUT2D eigenvalue weighted by Crippen LogP contribution is -2.34. The molecule has 0 bridgehead atoms. The van der Waals surface area contributed by atoms with E-state index in [9.17, 15) is 14.4 Å². The van der Waals surface area contributed by atoms with Gasteiger partial charge in [-0.15, -0.1) is 11.3 Å². The third kappa shape index (κ3) is 4.68. The van der Waals surface area contributed by atoms with Crippen LogP contribution >= 0.6 is 11.3 Å². The zero-order valence-corrected chi connectivity index (χ0v) is 15.0. The fourth-order valence-corrected chi connectivity index (χ4v) is 3.11. The Kier molecular flexibility index (Phi) is 6.47. The second-order valence-corrected chi connectivity index (χ2v) is 6.11. The minimum atomic E-state index is -0.603. The van der Waals surface area contributed by atoms with E-state index < -0.39 is 17.5 Å². The van der Waals surface area contributed by atoms with Gasteiger partial charge in [0.1, 0.15) is 11.2 Å². The van der Waals surface area contributed by atoms with Gasteiger partial charge in [0.15, 0.2) is 0 Å². The van der Waals surface area contributed by atoms with Crippen molar-refractivity contribution < 1.29 is 19.1 Å². The van der Waals surface area contributed by atoms with E-state index in [1.807, 2.05) is 6.07 Å². The number of nitrogens with zero attached hydrogens (tertiary/aromatic N) is 2. The van der Waals surface area contributed by atoms with Gasteiger partial charge < -0.3 is 9.47 Å². The summed E-state index contributed by atoms with van der Waals surface area (Å²) in [4.78, 5) is 35.9. The first-order valence-electron chi connectivity index (χ1n) is 7.65. The number of esters is 2. The van der Waals surface area contributed by atoms with E-state index >= 15 is 0 Å². The largest absolute Gasteiger partial charge is 0.468 e. The Hall–Kier alpha value is -3.18. The number of methoxy groups -OCH3 is 1. The molecular weight excluding hydrogens is 356 g/mol. The van der Waals surface area contributed by atoms with Gasteiger partial charge in [-0.05, 0) is 30.7 Å². The Labute approximate surface area is 153 Å². The van der Waals surface area contributed by atoms with Crippen LogP contribution in [0.2, 0.25) is 0 Å². The third-order valence-corrected chi connectivity index (χ3v) is 4.38. The van der Waals surface area contributed by atoms with Gasteiger partial charge >= 0.3 is 11.9 Å². The number of rotatable bonds is 5. The molecule has 7 nitrogen and oxygen atoms in total. The van der Waals surface area contributed by atoms with E-state index in [4.69, 9.17) is 10.00 Å². The van der Waals surface area contributed by atoms with Crippen LogP contribution in [-0.4, -0.2) is 30.2 Å². The predicted octanol–water partition coefficient (Wildman–Crippen LogP) is 0.127. The lowest BCUT2D eigenvalue weighted by atomic mass is 10.1. The first-order chi connectivity index (χ1) is 12.5. The van der Waals surface area contributed by atoms with Crippen LogP contribution in [0.4, 0.5) is 0 Å². The van der Waals surface area contributed by atoms with Crippen molar-refractivity contribution in [3.63, 3.8) is 0 Å². The van der Waals surface area contributed by atoms with Crippen LogP contribution in [0, 0.1) is 11.3 Å². The molecule has 1 aromatic carbocycles. The maximum Gasteiger partial charge on any atom is 0.333 e. The van der Waals surface area contributed by atoms with Crippen LogP contribution in [0.5, 0.6) is 0 Å². The maximum absolute atomic E-state index is 12.6. The summed E-state index contributed by atoms with van der Waals surface area (Å²) < 4.78 is 11.3. The molecule has 2 rings (SSSR count). The Morgan fingerprint density at radius 2 is 2.00 bits per heavy atom. The molecule has 0 aliphatic carbocycles. The van der Waals surface area contributed by atoms with Gasteiger partial charge in [0.05, 0.1) is 36.0 Å². The van der Waals surface area contributed by atoms with E-state index in [-0.39, 0.29) is 13.2 Å². The lowest BCUT2D eigenvalue weighted by Gasteiger charge is -2.00. The highest BCUT2D eigenvalue weighted by Gasteiger charge is 2.11. The van der Waals surface area contributed by atoms with Crippen LogP contribution in [-0.2, 0) is 25.6 Å². The summed E-state index contributed by atoms with van der Waals surface area (Å²) in [6, 6.07) is 8.70. The van der Waals surface area contributed by atoms with Crippen molar-refractivity contribution >= 4 is 35.4 Å². The van der Waals surface area contributed by atoms with Gasteiger partial charge in [0, 0.05) is 0 Å². The van der Waals surface area contributed by atoms with Crippen molar-refractivity contribution in [2.24, 2.45) is 0 Å². The fraction of sp³-hybridized carbons (Fsp3) is 0.222. The molecule has 0 atom stereocenters. The Morgan fingerprint density at radius 1 is 1.31 bits per heavy atom. The van der Waals surface area contributed by atoms with Crippen LogP contribution in [0.3, 0.4) is 0 Å². The average molecular weight is 372 g/mol. The third-order valence-electron chi connectivity index (χ3n) is 3.32. The molecule has 0 fully saturated rings. The molecule has 26 heavy (non-hydrogen) atoms. The van der Waals surface area contributed by atoms with Gasteiger partial charge in [-0.1, -0.05) is 12.1 Å². The van der Waals surface area contributed by atoms with Crippen molar-refractivity contribution in [2.75, 3.05) is 13.7 Å². The number of ether oxygens (including phenoxy) is 2. The molecule has 1 aromatic heterocycles. The Balaban J connectivity index is 2.58. The maximum atomic E-state index is 12.6. The molecule has 0 amide bonds. The van der Waals surface area contributed by atoms with Crippen molar-refractivity contribution in [3.05, 3.63) is 54.9 Å². The van der Waals surface area contributed by atoms with Gasteiger partial charge in [0.2, 0.25) is 0 Å². The van der Waals surface area contributed by atoms with E-state index in [2.05, 4.69) is 4.74 Å². The minimum Gasteiger partial charge on any atom is -0.468 e. The van der Waals surface area contributed by atoms with E-state index in [1.54, 1.807) is 37.3 Å². The van der Waals surface area contributed by atoms with E-state index in [1.165, 1.54) is 17.8 Å². The Bertz CT molecular complexity index is 1030. The first kappa shape index (κ1) is 19.1. The zero-order chi connectivity index (χ0) is 19.1. The molecule has 0 saturated carbocycles. The quantitative estimate of drug-likeness (QED) is 0.692. The van der Waals surface area contributed by atoms with Crippen LogP contribution in [0.15, 0.2) is 29.1 Å². The number of carbonyl (C=O) groups excluding carboxylic acids is 2. The summed E-state index contributed by atoms with van der Waals surface area (Å²) in [6.45, 7) is 1.57. The van der Waals surface area contributed by atoms with Crippen molar-refractivity contribution in [1.29, 1.82) is 5.26 Å². The number of benzene rings is 1. The van der Waals surface area contributed by atoms with Gasteiger partial charge in [-0.3, -0.25) is 14.2 Å². The van der Waals surface area contributed by atoms with Crippen LogP contribution in [0.1, 0.15) is 18.1 Å². The van der Waals surface area contributed by atoms with E-state index in [0.717, 1.165) is 16.9 Å². The normalized spacial score (nSPS) is 11.9. The summed E-state index contributed by atoms with van der Waals surface area (Å²) in [7, 11) is 1.22. The number of carbonyl (C=O) groups is 2. The van der Waals surface area contributed by atoms with Crippen molar-refractivity contribution in [1.82, 2.24) is 4.57 Å². The number of hydrogen-bond acceptors (Lipinski definition) is 7. The van der Waals surface area contributed by atoms with Gasteiger partial charge in [-0.25, -0.2) is 4.79 Å². The summed E-state index contributed by atoms with van der Waals surface area (Å²) in [5.41, 5.74) is 0.809. The summed E-state index contributed by atoms with van der Waals surface area (Å²) >= 11 is 1.06. The topological polar surface area (TPSA) is 98.4 Å². The van der Waals surface area contributed by atoms with Gasteiger partial charge in [0.25, 0.3) is 5.56 Å². The highest BCUT2D eigenvalue weighted by atomic mass is 32.1. The highest BCUT2D eigenvalue weighted by Crippen LogP contribution is 2.03. The molecule has 1 heterocycles. The Morgan fingerprint density at radius 3 is 2.58 bits per heavy atom. The standard InChI is InChI=1S/C18H16N2O5S/c1-3-25-16(21)9-15-20(11-17(22)24-2)18(23)14(26-15)8-12-4-6-13(10-19)7-5-12/h4-9H,3,11H2,1-2H3/b14-8-,15-9-. The number of aromatic nitrogens is 1. The number of nitriles is 1. The monoisotopic (exact) mass is 372 g/mol. The number of thiazole rings is 1.